The number of fused-ring (bicyclic) bond motifs is 1. The Morgan fingerprint density at radius 1 is 1.09 bits per heavy atom. The van der Waals surface area contributed by atoms with Gasteiger partial charge in [0.2, 0.25) is 0 Å². The lowest BCUT2D eigenvalue weighted by atomic mass is 10.1. The summed E-state index contributed by atoms with van der Waals surface area (Å²) in [6, 6.07) is 9.73. The minimum Gasteiger partial charge on any atom is -0.378 e. The van der Waals surface area contributed by atoms with Gasteiger partial charge < -0.3 is 19.2 Å². The second kappa shape index (κ2) is 8.71. The van der Waals surface area contributed by atoms with E-state index >= 15 is 0 Å². The fraction of sp³-hybridized carbons (Fsp3) is 0.318. The summed E-state index contributed by atoms with van der Waals surface area (Å²) in [7, 11) is -3.37. The number of nitrogens with zero attached hydrogens (tertiary/aromatic N) is 5. The van der Waals surface area contributed by atoms with E-state index in [1.807, 2.05) is 30.5 Å². The average molecular weight is 453 g/mol. The molecule has 0 saturated carbocycles. The van der Waals surface area contributed by atoms with Gasteiger partial charge in [0.15, 0.2) is 15.7 Å². The predicted octanol–water partition coefficient (Wildman–Crippen LogP) is 2.27. The van der Waals surface area contributed by atoms with Crippen LogP contribution in [0.25, 0.3) is 22.3 Å². The zero-order valence-electron chi connectivity index (χ0n) is 17.5. The van der Waals surface area contributed by atoms with Gasteiger partial charge >= 0.3 is 0 Å². The van der Waals surface area contributed by atoms with Crippen LogP contribution in [0.1, 0.15) is 5.69 Å². The first-order valence-electron chi connectivity index (χ1n) is 10.5. The van der Waals surface area contributed by atoms with Crippen LogP contribution < -0.4 is 4.90 Å². The molecule has 0 amide bonds. The van der Waals surface area contributed by atoms with E-state index in [0.29, 0.717) is 44.4 Å². The van der Waals surface area contributed by atoms with Crippen LogP contribution in [-0.2, 0) is 26.9 Å². The summed E-state index contributed by atoms with van der Waals surface area (Å²) in [6.07, 6.45) is 6.90. The number of H-pyrrole nitrogens is 1. The molecular formula is C22H24N6O3S. The average Bonchev–Trinajstić information content (AvgIpc) is 3.49. The molecule has 4 heterocycles. The zero-order chi connectivity index (χ0) is 22.0. The van der Waals surface area contributed by atoms with Gasteiger partial charge in [0, 0.05) is 60.8 Å². The maximum Gasteiger partial charge on any atom is 0.161 e. The highest BCUT2D eigenvalue weighted by Gasteiger charge is 2.19. The van der Waals surface area contributed by atoms with Gasteiger partial charge in [-0.05, 0) is 24.3 Å². The Hall–Kier alpha value is -3.24. The van der Waals surface area contributed by atoms with Gasteiger partial charge in [-0.25, -0.2) is 23.4 Å². The molecule has 1 aliphatic rings. The van der Waals surface area contributed by atoms with E-state index in [0.717, 1.165) is 22.3 Å². The highest BCUT2D eigenvalue weighted by molar-refractivity contribution is 7.90. The van der Waals surface area contributed by atoms with Crippen LogP contribution in [0.3, 0.4) is 0 Å². The van der Waals surface area contributed by atoms with Gasteiger partial charge in [0.25, 0.3) is 0 Å². The van der Waals surface area contributed by atoms with Crippen LogP contribution in [0.5, 0.6) is 0 Å². The molecule has 0 radical (unpaired) electrons. The number of benzene rings is 1. The Morgan fingerprint density at radius 3 is 2.78 bits per heavy atom. The van der Waals surface area contributed by atoms with Crippen LogP contribution in [0, 0.1) is 0 Å². The topological polar surface area (TPSA) is 106 Å². The number of aryl methyl sites for hydroxylation is 1. The number of morpholine rings is 1. The van der Waals surface area contributed by atoms with Gasteiger partial charge in [0.05, 0.1) is 36.7 Å². The molecule has 4 aromatic rings. The lowest BCUT2D eigenvalue weighted by Gasteiger charge is -2.28. The fourth-order valence-electron chi connectivity index (χ4n) is 3.79. The number of sulfone groups is 1. The van der Waals surface area contributed by atoms with Crippen molar-refractivity contribution in [2.75, 3.05) is 37.0 Å². The molecule has 1 N–H and O–H groups in total. The Bertz CT molecular complexity index is 1310. The Kier molecular flexibility index (Phi) is 5.62. The summed E-state index contributed by atoms with van der Waals surface area (Å²) < 4.78 is 32.9. The van der Waals surface area contributed by atoms with Crippen molar-refractivity contribution in [2.45, 2.75) is 12.3 Å². The first-order valence-corrected chi connectivity index (χ1v) is 12.3. The molecule has 0 bridgehead atoms. The molecule has 3 aromatic heterocycles. The van der Waals surface area contributed by atoms with E-state index in [4.69, 9.17) is 9.72 Å². The predicted molar refractivity (Wildman–Crippen MR) is 122 cm³/mol. The number of ether oxygens (including phenoxy) is 1. The molecule has 1 saturated heterocycles. The van der Waals surface area contributed by atoms with Gasteiger partial charge in [-0.15, -0.1) is 0 Å². The van der Waals surface area contributed by atoms with Crippen molar-refractivity contribution < 1.29 is 13.2 Å². The Morgan fingerprint density at radius 2 is 1.97 bits per heavy atom. The van der Waals surface area contributed by atoms with E-state index < -0.39 is 9.84 Å². The molecule has 1 aromatic carbocycles. The van der Waals surface area contributed by atoms with Crippen molar-refractivity contribution in [1.82, 2.24) is 24.5 Å². The van der Waals surface area contributed by atoms with E-state index in [-0.39, 0.29) is 11.5 Å². The molecular weight excluding hydrogens is 428 g/mol. The first-order chi connectivity index (χ1) is 15.6. The van der Waals surface area contributed by atoms with E-state index in [1.165, 1.54) is 0 Å². The number of imidazole rings is 1. The molecule has 32 heavy (non-hydrogen) atoms. The summed E-state index contributed by atoms with van der Waals surface area (Å²) in [5.41, 5.74) is 2.38. The maximum absolute atomic E-state index is 12.8. The number of hydrogen-bond acceptors (Lipinski definition) is 7. The van der Waals surface area contributed by atoms with Crippen molar-refractivity contribution in [3.63, 3.8) is 0 Å². The number of anilines is 1. The number of nitrogens with one attached hydrogen (secondary N) is 1. The largest absolute Gasteiger partial charge is 0.378 e. The second-order valence-corrected chi connectivity index (χ2v) is 10.00. The Labute approximate surface area is 186 Å². The molecule has 0 atom stereocenters. The highest BCUT2D eigenvalue weighted by Crippen LogP contribution is 2.25. The summed E-state index contributed by atoms with van der Waals surface area (Å²) in [6.45, 7) is 3.02. The molecule has 1 fully saturated rings. The Balaban J connectivity index is 1.47. The summed E-state index contributed by atoms with van der Waals surface area (Å²) in [5.74, 6) is 1.13. The van der Waals surface area contributed by atoms with Gasteiger partial charge in [-0.1, -0.05) is 0 Å². The summed E-state index contributed by atoms with van der Waals surface area (Å²) in [4.78, 5) is 18.7. The quantitative estimate of drug-likeness (QED) is 0.458. The number of aromatic nitrogens is 5. The number of hydrogen-bond donors (Lipinski definition) is 1. The number of aromatic amines is 1. The molecule has 0 unspecified atom stereocenters. The van der Waals surface area contributed by atoms with Crippen LogP contribution >= 0.6 is 0 Å². The summed E-state index contributed by atoms with van der Waals surface area (Å²) in [5, 5.41) is 1.05. The molecule has 0 spiro atoms. The smallest absolute Gasteiger partial charge is 0.161 e. The van der Waals surface area contributed by atoms with Crippen molar-refractivity contribution in [3.05, 3.63) is 60.9 Å². The van der Waals surface area contributed by atoms with Crippen molar-refractivity contribution in [2.24, 2.45) is 0 Å². The highest BCUT2D eigenvalue weighted by atomic mass is 32.2. The molecule has 0 aliphatic carbocycles. The van der Waals surface area contributed by atoms with Crippen LogP contribution in [0.4, 0.5) is 5.82 Å². The minimum atomic E-state index is -3.37. The van der Waals surface area contributed by atoms with Crippen LogP contribution in [0.15, 0.2) is 55.2 Å². The maximum atomic E-state index is 12.8. The lowest BCUT2D eigenvalue weighted by molar-refractivity contribution is 0.122. The molecule has 10 heteroatoms. The fourth-order valence-corrected chi connectivity index (χ4v) is 5.03. The van der Waals surface area contributed by atoms with Crippen LogP contribution in [0.2, 0.25) is 0 Å². The van der Waals surface area contributed by atoms with Crippen LogP contribution in [-0.4, -0.2) is 65.0 Å². The molecule has 9 nitrogen and oxygen atoms in total. The normalized spacial score (nSPS) is 14.8. The molecule has 1 aliphatic heterocycles. The van der Waals surface area contributed by atoms with E-state index in [1.54, 1.807) is 29.4 Å². The molecule has 166 valence electrons. The van der Waals surface area contributed by atoms with E-state index in [9.17, 15) is 8.42 Å². The summed E-state index contributed by atoms with van der Waals surface area (Å²) >= 11 is 0. The minimum absolute atomic E-state index is 0.0187. The van der Waals surface area contributed by atoms with Gasteiger partial charge in [-0.2, -0.15) is 0 Å². The van der Waals surface area contributed by atoms with Crippen molar-refractivity contribution in [3.8, 4) is 11.4 Å². The monoisotopic (exact) mass is 452 g/mol. The first kappa shape index (κ1) is 20.7. The lowest BCUT2D eigenvalue weighted by Crippen LogP contribution is -2.37. The standard InChI is InChI=1S/C22H24N6O3S/c29-32(30,12-9-27-6-5-23-16-27)15-19-14-21(28-7-10-31-11-8-28)26-22(25-19)18-1-2-20-17(13-18)3-4-24-20/h1-6,13-14,16,24H,7-12,15H2. The third kappa shape index (κ3) is 4.66. The zero-order valence-corrected chi connectivity index (χ0v) is 18.3. The third-order valence-electron chi connectivity index (χ3n) is 5.50. The van der Waals surface area contributed by atoms with Crippen molar-refractivity contribution >= 4 is 26.6 Å². The number of rotatable bonds is 7. The second-order valence-electron chi connectivity index (χ2n) is 7.81. The van der Waals surface area contributed by atoms with E-state index in [2.05, 4.69) is 19.9 Å². The third-order valence-corrected chi connectivity index (χ3v) is 7.04. The van der Waals surface area contributed by atoms with Gasteiger partial charge in [0.1, 0.15) is 5.82 Å². The van der Waals surface area contributed by atoms with Gasteiger partial charge in [-0.3, -0.25) is 0 Å². The molecule has 5 rings (SSSR count). The van der Waals surface area contributed by atoms with Crippen molar-refractivity contribution in [1.29, 1.82) is 0 Å². The SMILES string of the molecule is O=S(=O)(CCn1ccnc1)Cc1cc(N2CCOCC2)nc(-c2ccc3[nH]ccc3c2)n1.